The molecule has 2 rings (SSSR count). The lowest BCUT2D eigenvalue weighted by atomic mass is 10.0. The van der Waals surface area contributed by atoms with Gasteiger partial charge < -0.3 is 9.80 Å². The van der Waals surface area contributed by atoms with E-state index in [2.05, 4.69) is 38.3 Å². The maximum atomic E-state index is 13.2. The van der Waals surface area contributed by atoms with Crippen LogP contribution in [0.4, 0.5) is 0 Å². The predicted octanol–water partition coefficient (Wildman–Crippen LogP) is 7.31. The number of benzene rings is 2. The molecule has 2 aromatic rings. The molecule has 0 aliphatic carbocycles. The molecule has 222 valence electrons. The molecule has 0 fully saturated rings. The molecule has 2 amide bonds. The van der Waals surface area contributed by atoms with Crippen molar-refractivity contribution in [3.63, 3.8) is 0 Å². The predicted molar refractivity (Wildman–Crippen MR) is 169 cm³/mol. The summed E-state index contributed by atoms with van der Waals surface area (Å²) < 4.78 is 0. The fraction of sp³-hybridized carbons (Fsp3) is 0.588. The van der Waals surface area contributed by atoms with Gasteiger partial charge in [-0.2, -0.15) is 0 Å². The second-order valence-electron chi connectivity index (χ2n) is 10.7. The second kappa shape index (κ2) is 20.2. The molecule has 0 aliphatic heterocycles. The molecule has 0 bridgehead atoms. The molecular weight excluding hydrogens is 496 g/mol. The summed E-state index contributed by atoms with van der Waals surface area (Å²) in [7, 11) is 0. The lowest BCUT2D eigenvalue weighted by Gasteiger charge is -2.23. The van der Waals surface area contributed by atoms with Crippen molar-refractivity contribution in [2.24, 2.45) is 0 Å². The number of nitrogens with one attached hydrogen (secondary N) is 2. The minimum atomic E-state index is 0.0689. The summed E-state index contributed by atoms with van der Waals surface area (Å²) in [6.45, 7) is 13.3. The molecule has 0 unspecified atom stereocenters. The van der Waals surface area contributed by atoms with Gasteiger partial charge >= 0.3 is 0 Å². The van der Waals surface area contributed by atoms with Crippen LogP contribution in [0.25, 0.3) is 11.1 Å². The van der Waals surface area contributed by atoms with Gasteiger partial charge in [0.05, 0.1) is 13.3 Å². The lowest BCUT2D eigenvalue weighted by Crippen LogP contribution is -2.40. The minimum absolute atomic E-state index is 0.0689. The number of carbonyl (C=O) groups is 2. The zero-order chi connectivity index (χ0) is 29.0. The van der Waals surface area contributed by atoms with Crippen molar-refractivity contribution in [1.29, 1.82) is 0 Å². The number of carbonyl (C=O) groups excluding carboxylic acids is 2. The first kappa shape index (κ1) is 33.5. The summed E-state index contributed by atoms with van der Waals surface area (Å²) in [6, 6.07) is 15.7. The van der Waals surface area contributed by atoms with Crippen LogP contribution < -0.4 is 10.6 Å². The molecule has 6 nitrogen and oxygen atoms in total. The summed E-state index contributed by atoms with van der Waals surface area (Å²) in [6.07, 6.45) is 11.2. The molecule has 0 saturated carbocycles. The van der Waals surface area contributed by atoms with E-state index in [1.807, 2.05) is 58.3 Å². The Balaban J connectivity index is 2.02. The molecule has 0 heterocycles. The number of rotatable bonds is 21. The topological polar surface area (TPSA) is 64.7 Å². The highest BCUT2D eigenvalue weighted by molar-refractivity contribution is 5.95. The third-order valence-corrected chi connectivity index (χ3v) is 7.25. The van der Waals surface area contributed by atoms with E-state index in [9.17, 15) is 9.59 Å². The minimum Gasteiger partial charge on any atom is -0.326 e. The molecule has 6 heteroatoms. The van der Waals surface area contributed by atoms with E-state index in [1.54, 1.807) is 0 Å². The van der Waals surface area contributed by atoms with Crippen molar-refractivity contribution in [2.75, 3.05) is 39.5 Å². The second-order valence-corrected chi connectivity index (χ2v) is 10.7. The van der Waals surface area contributed by atoms with Crippen LogP contribution in [-0.4, -0.2) is 61.1 Å². The van der Waals surface area contributed by atoms with Gasteiger partial charge in [-0.1, -0.05) is 90.5 Å². The average Bonchev–Trinajstić information content (AvgIpc) is 2.99. The van der Waals surface area contributed by atoms with Crippen LogP contribution in [-0.2, 0) is 0 Å². The van der Waals surface area contributed by atoms with E-state index >= 15 is 0 Å². The van der Waals surface area contributed by atoms with E-state index < -0.39 is 0 Å². The lowest BCUT2D eigenvalue weighted by molar-refractivity contribution is 0.0732. The van der Waals surface area contributed by atoms with Gasteiger partial charge in [-0.25, -0.2) is 0 Å². The van der Waals surface area contributed by atoms with Gasteiger partial charge in [0.1, 0.15) is 0 Å². The Morgan fingerprint density at radius 3 is 1.20 bits per heavy atom. The Labute approximate surface area is 243 Å². The number of hydrogen-bond acceptors (Lipinski definition) is 4. The maximum absolute atomic E-state index is 13.2. The fourth-order valence-electron chi connectivity index (χ4n) is 4.61. The summed E-state index contributed by atoms with van der Waals surface area (Å²) in [5.41, 5.74) is 3.49. The first-order valence-electron chi connectivity index (χ1n) is 15.8. The molecular formula is C34H54N4O2. The summed E-state index contributed by atoms with van der Waals surface area (Å²) in [4.78, 5) is 30.3. The van der Waals surface area contributed by atoms with E-state index in [4.69, 9.17) is 0 Å². The van der Waals surface area contributed by atoms with Crippen LogP contribution in [0.3, 0.4) is 0 Å². The number of nitrogens with zero attached hydrogens (tertiary/aromatic N) is 2. The standard InChI is InChI=1S/C34H54N4O2/c1-5-9-13-23-35-27-37(25-11-7-3)33(39)31-19-15-29(16-20-31)30-17-21-32(22-18-30)34(40)38(26-12-8-4)28-36-24-14-10-6-2/h15-22,35-36H,5-14,23-28H2,1-4H3. The highest BCUT2D eigenvalue weighted by Gasteiger charge is 2.17. The molecule has 0 saturated heterocycles. The van der Waals surface area contributed by atoms with Gasteiger partial charge in [-0.3, -0.25) is 20.2 Å². The van der Waals surface area contributed by atoms with Gasteiger partial charge in [-0.15, -0.1) is 0 Å². The Kier molecular flexibility index (Phi) is 16.9. The summed E-state index contributed by atoms with van der Waals surface area (Å²) in [5, 5.41) is 6.88. The quantitative estimate of drug-likeness (QED) is 0.126. The van der Waals surface area contributed by atoms with Crippen LogP contribution in [0.15, 0.2) is 48.5 Å². The SMILES string of the molecule is CCCCCNCN(CCCC)C(=O)c1ccc(-c2ccc(C(=O)N(CCCC)CNCCCCC)cc2)cc1. The molecule has 0 radical (unpaired) electrons. The average molecular weight is 551 g/mol. The van der Waals surface area contributed by atoms with Crippen molar-refractivity contribution in [2.45, 2.75) is 91.9 Å². The Hall–Kier alpha value is -2.70. The Bertz CT molecular complexity index is 879. The van der Waals surface area contributed by atoms with Crippen molar-refractivity contribution < 1.29 is 9.59 Å². The normalized spacial score (nSPS) is 11.0. The van der Waals surface area contributed by atoms with Gasteiger partial charge in [0, 0.05) is 24.2 Å². The molecule has 40 heavy (non-hydrogen) atoms. The highest BCUT2D eigenvalue weighted by atomic mass is 16.2. The zero-order valence-corrected chi connectivity index (χ0v) is 25.6. The van der Waals surface area contributed by atoms with Gasteiger partial charge in [0.15, 0.2) is 0 Å². The van der Waals surface area contributed by atoms with Gasteiger partial charge in [-0.05, 0) is 74.2 Å². The number of unbranched alkanes of at least 4 members (excludes halogenated alkanes) is 6. The van der Waals surface area contributed by atoms with Crippen LogP contribution in [0.5, 0.6) is 0 Å². The van der Waals surface area contributed by atoms with E-state index in [0.29, 0.717) is 24.5 Å². The van der Waals surface area contributed by atoms with Crippen molar-refractivity contribution >= 4 is 11.8 Å². The van der Waals surface area contributed by atoms with E-state index in [-0.39, 0.29) is 11.8 Å². The third kappa shape index (κ3) is 11.8. The van der Waals surface area contributed by atoms with Crippen LogP contribution >= 0.6 is 0 Å². The first-order valence-corrected chi connectivity index (χ1v) is 15.8. The van der Waals surface area contributed by atoms with E-state index in [0.717, 1.165) is 75.8 Å². The number of hydrogen-bond donors (Lipinski definition) is 2. The van der Waals surface area contributed by atoms with Gasteiger partial charge in [0.25, 0.3) is 11.8 Å². The molecule has 2 aromatic carbocycles. The fourth-order valence-corrected chi connectivity index (χ4v) is 4.61. The van der Waals surface area contributed by atoms with E-state index in [1.165, 1.54) is 25.7 Å². The van der Waals surface area contributed by atoms with Crippen LogP contribution in [0.2, 0.25) is 0 Å². The summed E-state index contributed by atoms with van der Waals surface area (Å²) >= 11 is 0. The Morgan fingerprint density at radius 2 is 0.875 bits per heavy atom. The number of amides is 2. The zero-order valence-electron chi connectivity index (χ0n) is 25.6. The third-order valence-electron chi connectivity index (χ3n) is 7.25. The molecule has 0 spiro atoms. The monoisotopic (exact) mass is 550 g/mol. The molecule has 0 atom stereocenters. The van der Waals surface area contributed by atoms with Crippen LogP contribution in [0.1, 0.15) is 113 Å². The molecule has 2 N–H and O–H groups in total. The Morgan fingerprint density at radius 1 is 0.525 bits per heavy atom. The summed E-state index contributed by atoms with van der Waals surface area (Å²) in [5.74, 6) is 0.138. The highest BCUT2D eigenvalue weighted by Crippen LogP contribution is 2.22. The van der Waals surface area contributed by atoms with Crippen molar-refractivity contribution in [1.82, 2.24) is 20.4 Å². The molecule has 0 aliphatic rings. The largest absolute Gasteiger partial charge is 0.326 e. The molecule has 0 aromatic heterocycles. The first-order chi connectivity index (χ1) is 19.5. The van der Waals surface area contributed by atoms with Gasteiger partial charge in [0.2, 0.25) is 0 Å². The smallest absolute Gasteiger partial charge is 0.254 e. The maximum Gasteiger partial charge on any atom is 0.254 e. The van der Waals surface area contributed by atoms with Crippen molar-refractivity contribution in [3.05, 3.63) is 59.7 Å². The van der Waals surface area contributed by atoms with Crippen LogP contribution in [0, 0.1) is 0 Å². The van der Waals surface area contributed by atoms with Crippen molar-refractivity contribution in [3.8, 4) is 11.1 Å².